The van der Waals surface area contributed by atoms with E-state index < -0.39 is 72.6 Å². The molecule has 4 aromatic carbocycles. The highest BCUT2D eigenvalue weighted by Crippen LogP contribution is 2.63. The van der Waals surface area contributed by atoms with E-state index >= 15 is 4.79 Å². The first-order valence-electron chi connectivity index (χ1n) is 24.7. The van der Waals surface area contributed by atoms with Crippen LogP contribution < -0.4 is 9.47 Å². The van der Waals surface area contributed by atoms with Gasteiger partial charge in [-0.3, -0.25) is 4.79 Å². The van der Waals surface area contributed by atoms with E-state index in [0.717, 1.165) is 22.4 Å². The molecule has 0 spiro atoms. The number of carbonyl (C=O) groups excluding carboxylic acids is 2. The van der Waals surface area contributed by atoms with Crippen molar-refractivity contribution < 1.29 is 57.0 Å². The maximum atomic E-state index is 16.6. The predicted octanol–water partition coefficient (Wildman–Crippen LogP) is 10.5. The van der Waals surface area contributed by atoms with Gasteiger partial charge in [0.05, 0.1) is 69.4 Å². The Morgan fingerprint density at radius 2 is 1.29 bits per heavy atom. The molecule has 70 heavy (non-hydrogen) atoms. The van der Waals surface area contributed by atoms with E-state index in [1.54, 1.807) is 38.5 Å². The lowest BCUT2D eigenvalue weighted by molar-refractivity contribution is -0.277. The molecule has 380 valence electrons. The number of esters is 1. The summed E-state index contributed by atoms with van der Waals surface area (Å²) >= 11 is 0. The minimum absolute atomic E-state index is 0.0479. The lowest BCUT2D eigenvalue weighted by Crippen LogP contribution is -2.71. The van der Waals surface area contributed by atoms with E-state index in [2.05, 4.69) is 33.9 Å². The third kappa shape index (κ3) is 10.7. The fraction of sp³-hybridized carbons (Fsp3) is 0.544. The Morgan fingerprint density at radius 1 is 0.714 bits per heavy atom. The lowest BCUT2D eigenvalue weighted by Gasteiger charge is -2.59. The van der Waals surface area contributed by atoms with Gasteiger partial charge in [0.15, 0.2) is 14.1 Å². The van der Waals surface area contributed by atoms with Crippen molar-refractivity contribution in [3.8, 4) is 11.5 Å². The summed E-state index contributed by atoms with van der Waals surface area (Å²) in [4.78, 5) is 31.2. The minimum atomic E-state index is -2.70. The Morgan fingerprint density at radius 3 is 1.86 bits per heavy atom. The van der Waals surface area contributed by atoms with Crippen LogP contribution in [0.1, 0.15) is 94.3 Å². The van der Waals surface area contributed by atoms with Gasteiger partial charge in [-0.1, -0.05) is 107 Å². The highest BCUT2D eigenvalue weighted by atomic mass is 28.4. The van der Waals surface area contributed by atoms with Gasteiger partial charge in [0.25, 0.3) is 0 Å². The van der Waals surface area contributed by atoms with Crippen LogP contribution in [0, 0.1) is 22.7 Å². The van der Waals surface area contributed by atoms with Gasteiger partial charge in [0.2, 0.25) is 0 Å². The van der Waals surface area contributed by atoms with Crippen LogP contribution in [-0.2, 0) is 57.5 Å². The molecule has 1 N–H and O–H groups in total. The maximum absolute atomic E-state index is 16.6. The van der Waals surface area contributed by atoms with Crippen LogP contribution in [0.3, 0.4) is 0 Å². The number of hydrogen-bond acceptors (Lipinski definition) is 12. The first kappa shape index (κ1) is 53.4. The molecule has 2 bridgehead atoms. The quantitative estimate of drug-likeness (QED) is 0.0544. The summed E-state index contributed by atoms with van der Waals surface area (Å²) in [6.07, 6.45) is -2.80. The molecule has 3 aliphatic rings. The smallest absolute Gasteiger partial charge is 0.338 e. The molecule has 12 nitrogen and oxygen atoms in total. The summed E-state index contributed by atoms with van der Waals surface area (Å²) < 4.78 is 59.3. The summed E-state index contributed by atoms with van der Waals surface area (Å²) in [5.41, 5.74) is -2.37. The van der Waals surface area contributed by atoms with E-state index in [0.29, 0.717) is 24.2 Å². The average molecular weight is 981 g/mol. The number of ketones is 1. The number of ether oxygens (including phenoxy) is 8. The number of hydrogen-bond donors (Lipinski definition) is 1. The van der Waals surface area contributed by atoms with Gasteiger partial charge in [-0.15, -0.1) is 0 Å². The van der Waals surface area contributed by atoms with Crippen LogP contribution in [-0.4, -0.2) is 95.5 Å². The molecule has 3 saturated carbocycles. The molecule has 0 heterocycles. The summed E-state index contributed by atoms with van der Waals surface area (Å²) in [6, 6.07) is 34.1. The summed E-state index contributed by atoms with van der Waals surface area (Å²) in [6.45, 7) is 17.2. The summed E-state index contributed by atoms with van der Waals surface area (Å²) in [5, 5.41) is 13.5. The van der Waals surface area contributed by atoms with Gasteiger partial charge in [-0.25, -0.2) is 4.79 Å². The van der Waals surface area contributed by atoms with Crippen LogP contribution in [0.25, 0.3) is 0 Å². The third-order valence-corrected chi connectivity index (χ3v) is 21.0. The molecule has 0 unspecified atom stereocenters. The standard InChI is InChI=1S/C57H76O12Si/c1-53(2,3)70(10,11)69-49-32-46-55(6,51(58)50(66-38-61-7)45-30-31-57(49,60)54(45,4)5)47(68-52(59)42-20-16-13-17-21-42)33-48(65-35-41-24-28-44(63-9)29-25-41)56(46,67-36-39-18-14-12-15-19-39)37-64-34-40-22-26-43(62-8)27-23-40/h12-29,45-50,60H,30-38H2,1-11H3/t45-,46+,47+,48-,49+,50-,55+,56-,57-/m1/s1. The van der Waals surface area contributed by atoms with Crippen LogP contribution in [0.5, 0.6) is 11.5 Å². The largest absolute Gasteiger partial charge is 0.497 e. The van der Waals surface area contributed by atoms with E-state index in [4.69, 9.17) is 42.3 Å². The SMILES string of the molecule is COCO[C@H]1C(=O)[C@]2(C)[C@@H](OC(=O)c3ccccc3)C[C@@H](OCc3ccc(OC)cc3)[C@](COCc3ccc(OC)cc3)(OCc3ccccc3)[C@H]2C[C@H](O[Si](C)(C)C(C)(C)C)[C@]2(O)CC[C@H]1C2(C)C. The number of Topliss-reactive ketones (excluding diaryl/α,β-unsaturated/α-hetero) is 1. The molecule has 3 fully saturated rings. The van der Waals surface area contributed by atoms with Crippen molar-refractivity contribution in [2.24, 2.45) is 22.7 Å². The molecule has 0 saturated heterocycles. The maximum Gasteiger partial charge on any atom is 0.338 e. The van der Waals surface area contributed by atoms with Crippen molar-refractivity contribution in [3.63, 3.8) is 0 Å². The monoisotopic (exact) mass is 981 g/mol. The van der Waals surface area contributed by atoms with Crippen LogP contribution in [0.15, 0.2) is 109 Å². The fourth-order valence-corrected chi connectivity index (χ4v) is 12.5. The number of rotatable bonds is 19. The Balaban J connectivity index is 1.50. The zero-order chi connectivity index (χ0) is 50.5. The summed E-state index contributed by atoms with van der Waals surface area (Å²) in [7, 11) is 2.08. The molecule has 0 amide bonds. The normalized spacial score (nSPS) is 28.8. The third-order valence-electron chi connectivity index (χ3n) is 16.6. The summed E-state index contributed by atoms with van der Waals surface area (Å²) in [5.74, 6) is -0.791. The van der Waals surface area contributed by atoms with Crippen molar-refractivity contribution in [2.45, 2.75) is 141 Å². The highest BCUT2D eigenvalue weighted by molar-refractivity contribution is 6.74. The minimum Gasteiger partial charge on any atom is -0.497 e. The molecular weight excluding hydrogens is 905 g/mol. The van der Waals surface area contributed by atoms with E-state index in [9.17, 15) is 9.90 Å². The molecule has 0 aliphatic heterocycles. The molecular formula is C57H76O12Si. The van der Waals surface area contributed by atoms with Crippen molar-refractivity contribution in [2.75, 3.05) is 34.7 Å². The first-order chi connectivity index (χ1) is 33.2. The second-order valence-electron chi connectivity index (χ2n) is 21.8. The van der Waals surface area contributed by atoms with Crippen LogP contribution in [0.4, 0.5) is 0 Å². The number of methoxy groups -OCH3 is 3. The molecule has 0 radical (unpaired) electrons. The van der Waals surface area contributed by atoms with Gasteiger partial charge in [0.1, 0.15) is 36.1 Å². The topological polar surface area (TPSA) is 137 Å². The van der Waals surface area contributed by atoms with E-state index in [-0.39, 0.29) is 56.9 Å². The molecule has 3 aliphatic carbocycles. The lowest BCUT2D eigenvalue weighted by atomic mass is 9.53. The first-order valence-corrected chi connectivity index (χ1v) is 27.6. The van der Waals surface area contributed by atoms with Crippen molar-refractivity contribution in [1.82, 2.24) is 0 Å². The van der Waals surface area contributed by atoms with Crippen molar-refractivity contribution in [3.05, 3.63) is 131 Å². The average Bonchev–Trinajstić information content (AvgIpc) is 3.60. The number of fused-ring (bicyclic) bond motifs is 3. The number of aliphatic hydroxyl groups is 1. The Kier molecular flexibility index (Phi) is 16.6. The predicted molar refractivity (Wildman–Crippen MR) is 270 cm³/mol. The molecule has 9 atom stereocenters. The van der Waals surface area contributed by atoms with Crippen molar-refractivity contribution >= 4 is 20.1 Å². The second kappa shape index (κ2) is 21.7. The number of carbonyl (C=O) groups is 2. The Bertz CT molecular complexity index is 2330. The van der Waals surface area contributed by atoms with Gasteiger partial charge < -0.3 is 47.4 Å². The Hall–Kier alpha value is -4.44. The Labute approximate surface area is 416 Å². The van der Waals surface area contributed by atoms with Crippen LogP contribution in [0.2, 0.25) is 18.1 Å². The van der Waals surface area contributed by atoms with Gasteiger partial charge in [-0.2, -0.15) is 0 Å². The molecule has 7 rings (SSSR count). The molecule has 13 heteroatoms. The van der Waals surface area contributed by atoms with E-state index in [1.807, 2.05) is 106 Å². The van der Waals surface area contributed by atoms with E-state index in [1.165, 1.54) is 7.11 Å². The number of benzene rings is 4. The second-order valence-corrected chi connectivity index (χ2v) is 26.6. The zero-order valence-electron chi connectivity index (χ0n) is 43.2. The fourth-order valence-electron chi connectivity index (χ4n) is 11.1. The van der Waals surface area contributed by atoms with Crippen LogP contribution >= 0.6 is 0 Å². The van der Waals surface area contributed by atoms with Crippen molar-refractivity contribution in [1.29, 1.82) is 0 Å². The highest BCUT2D eigenvalue weighted by Gasteiger charge is 2.72. The van der Waals surface area contributed by atoms with Gasteiger partial charge >= 0.3 is 5.97 Å². The van der Waals surface area contributed by atoms with Gasteiger partial charge in [-0.05, 0) is 97.4 Å². The molecule has 4 aromatic rings. The molecule has 0 aromatic heterocycles. The zero-order valence-corrected chi connectivity index (χ0v) is 44.2. The van der Waals surface area contributed by atoms with Gasteiger partial charge in [0, 0.05) is 30.8 Å².